The van der Waals surface area contributed by atoms with E-state index in [1.165, 1.54) is 24.3 Å². The van der Waals surface area contributed by atoms with Crippen LogP contribution in [0.25, 0.3) is 11.0 Å². The number of benzene rings is 2. The number of non-ortho nitro benzene ring substituents is 2. The van der Waals surface area contributed by atoms with Crippen molar-refractivity contribution in [2.24, 2.45) is 5.92 Å². The predicted octanol–water partition coefficient (Wildman–Crippen LogP) is 3.21. The van der Waals surface area contributed by atoms with Gasteiger partial charge in [-0.05, 0) is 24.1 Å². The maximum atomic E-state index is 12.4. The molecule has 0 unspecified atom stereocenters. The van der Waals surface area contributed by atoms with E-state index >= 15 is 0 Å². The van der Waals surface area contributed by atoms with Gasteiger partial charge >= 0.3 is 11.6 Å². The van der Waals surface area contributed by atoms with Crippen LogP contribution in [-0.4, -0.2) is 28.3 Å². The first-order valence-corrected chi connectivity index (χ1v) is 9.57. The Labute approximate surface area is 185 Å². The van der Waals surface area contributed by atoms with Crippen molar-refractivity contribution in [2.75, 3.05) is 6.54 Å². The SMILES string of the molecule is CC(C)CNC(=O)c1cc2ccc(OC(=O)c3cc([N+](=O)[O-])cc([N+](=O)[O-])c3)cc2oc1=O. The van der Waals surface area contributed by atoms with Crippen molar-refractivity contribution in [2.45, 2.75) is 13.8 Å². The molecule has 2 aromatic carbocycles. The molecule has 0 saturated carbocycles. The van der Waals surface area contributed by atoms with Crippen LogP contribution in [0.5, 0.6) is 5.75 Å². The Kier molecular flexibility index (Phi) is 6.47. The lowest BCUT2D eigenvalue weighted by atomic mass is 10.1. The molecule has 0 radical (unpaired) electrons. The summed E-state index contributed by atoms with van der Waals surface area (Å²) in [6, 6.07) is 7.76. The predicted molar refractivity (Wildman–Crippen MR) is 114 cm³/mol. The Morgan fingerprint density at radius 1 is 1.03 bits per heavy atom. The zero-order valence-corrected chi connectivity index (χ0v) is 17.4. The Morgan fingerprint density at radius 3 is 2.24 bits per heavy atom. The third-order valence-electron chi connectivity index (χ3n) is 4.39. The van der Waals surface area contributed by atoms with Gasteiger partial charge in [0, 0.05) is 30.1 Å². The van der Waals surface area contributed by atoms with Crippen molar-refractivity contribution in [3.8, 4) is 5.75 Å². The summed E-state index contributed by atoms with van der Waals surface area (Å²) < 4.78 is 10.3. The molecule has 33 heavy (non-hydrogen) atoms. The summed E-state index contributed by atoms with van der Waals surface area (Å²) in [6.45, 7) is 4.18. The number of esters is 1. The summed E-state index contributed by atoms with van der Waals surface area (Å²) in [7, 11) is 0. The highest BCUT2D eigenvalue weighted by Crippen LogP contribution is 2.25. The van der Waals surface area contributed by atoms with E-state index in [4.69, 9.17) is 9.15 Å². The lowest BCUT2D eigenvalue weighted by Gasteiger charge is -2.08. The third kappa shape index (κ3) is 5.36. The number of nitrogens with one attached hydrogen (secondary N) is 1. The van der Waals surface area contributed by atoms with Crippen LogP contribution in [0.4, 0.5) is 11.4 Å². The number of nitro benzene ring substituents is 2. The molecule has 0 aliphatic carbocycles. The van der Waals surface area contributed by atoms with Crippen molar-refractivity contribution < 1.29 is 28.6 Å². The molecule has 3 rings (SSSR count). The standard InChI is InChI=1S/C21H17N3O9/c1-11(2)10-22-19(25)17-7-12-3-4-16(9-18(12)33-21(17)27)32-20(26)13-5-14(23(28)29)8-15(6-13)24(30)31/h3-9,11H,10H2,1-2H3,(H,22,25). The van der Waals surface area contributed by atoms with Gasteiger partial charge in [-0.3, -0.25) is 25.0 Å². The molecule has 1 N–H and O–H groups in total. The van der Waals surface area contributed by atoms with Gasteiger partial charge in [-0.1, -0.05) is 13.8 Å². The fraction of sp³-hybridized carbons (Fsp3) is 0.190. The molecule has 0 bridgehead atoms. The number of rotatable bonds is 7. The van der Waals surface area contributed by atoms with Crippen molar-refractivity contribution in [3.63, 3.8) is 0 Å². The Balaban J connectivity index is 1.88. The maximum Gasteiger partial charge on any atom is 0.349 e. The minimum atomic E-state index is -1.09. The number of amides is 1. The number of hydrogen-bond acceptors (Lipinski definition) is 9. The first kappa shape index (κ1) is 23.1. The molecule has 0 atom stereocenters. The van der Waals surface area contributed by atoms with E-state index in [2.05, 4.69) is 5.32 Å². The van der Waals surface area contributed by atoms with E-state index in [-0.39, 0.29) is 22.8 Å². The Bertz CT molecular complexity index is 1310. The average Bonchev–Trinajstić information content (AvgIpc) is 2.76. The molecule has 0 saturated heterocycles. The van der Waals surface area contributed by atoms with Crippen LogP contribution in [-0.2, 0) is 0 Å². The largest absolute Gasteiger partial charge is 0.423 e. The zero-order chi connectivity index (χ0) is 24.3. The van der Waals surface area contributed by atoms with Gasteiger partial charge in [0.15, 0.2) is 0 Å². The highest BCUT2D eigenvalue weighted by molar-refractivity contribution is 5.97. The molecule has 0 spiro atoms. The van der Waals surface area contributed by atoms with Crippen LogP contribution in [0.2, 0.25) is 0 Å². The fourth-order valence-corrected chi connectivity index (χ4v) is 2.80. The van der Waals surface area contributed by atoms with E-state index in [0.717, 1.165) is 18.2 Å². The molecule has 1 heterocycles. The lowest BCUT2D eigenvalue weighted by molar-refractivity contribution is -0.394. The number of ether oxygens (including phenoxy) is 1. The fourth-order valence-electron chi connectivity index (χ4n) is 2.80. The third-order valence-corrected chi connectivity index (χ3v) is 4.39. The number of fused-ring (bicyclic) bond motifs is 1. The van der Waals surface area contributed by atoms with Gasteiger partial charge < -0.3 is 14.5 Å². The van der Waals surface area contributed by atoms with Crippen LogP contribution in [0.1, 0.15) is 34.6 Å². The second-order valence-corrected chi connectivity index (χ2v) is 7.39. The summed E-state index contributed by atoms with van der Waals surface area (Å²) in [4.78, 5) is 57.1. The summed E-state index contributed by atoms with van der Waals surface area (Å²) in [5.41, 5.74) is -2.75. The van der Waals surface area contributed by atoms with Gasteiger partial charge in [-0.25, -0.2) is 9.59 Å². The zero-order valence-electron chi connectivity index (χ0n) is 17.4. The van der Waals surface area contributed by atoms with E-state index in [9.17, 15) is 34.6 Å². The molecular weight excluding hydrogens is 438 g/mol. The molecule has 3 aromatic rings. The number of hydrogen-bond donors (Lipinski definition) is 1. The molecule has 0 aliphatic heterocycles. The van der Waals surface area contributed by atoms with Crippen molar-refractivity contribution in [1.29, 1.82) is 0 Å². The Hall–Kier alpha value is -4.61. The lowest BCUT2D eigenvalue weighted by Crippen LogP contribution is -2.31. The van der Waals surface area contributed by atoms with Crippen molar-refractivity contribution in [3.05, 3.63) is 84.2 Å². The normalized spacial score (nSPS) is 10.8. The highest BCUT2D eigenvalue weighted by Gasteiger charge is 2.21. The first-order chi connectivity index (χ1) is 15.5. The van der Waals surface area contributed by atoms with Crippen LogP contribution in [0, 0.1) is 26.1 Å². The molecule has 1 amide bonds. The van der Waals surface area contributed by atoms with Gasteiger partial charge in [0.1, 0.15) is 16.9 Å². The number of nitro groups is 2. The van der Waals surface area contributed by atoms with Crippen molar-refractivity contribution in [1.82, 2.24) is 5.32 Å². The van der Waals surface area contributed by atoms with Crippen LogP contribution >= 0.6 is 0 Å². The summed E-state index contributed by atoms with van der Waals surface area (Å²) in [5, 5.41) is 25.0. The van der Waals surface area contributed by atoms with Gasteiger partial charge in [-0.2, -0.15) is 0 Å². The van der Waals surface area contributed by atoms with Crippen LogP contribution < -0.4 is 15.7 Å². The van der Waals surface area contributed by atoms with Crippen LogP contribution in [0.3, 0.4) is 0 Å². The molecule has 1 aromatic heterocycles. The molecular formula is C21H17N3O9. The summed E-state index contributed by atoms with van der Waals surface area (Å²) >= 11 is 0. The first-order valence-electron chi connectivity index (χ1n) is 9.57. The van der Waals surface area contributed by atoms with Gasteiger partial charge in [0.25, 0.3) is 17.3 Å². The van der Waals surface area contributed by atoms with Gasteiger partial charge in [-0.15, -0.1) is 0 Å². The topological polar surface area (TPSA) is 172 Å². The molecule has 0 aliphatic rings. The molecule has 12 heteroatoms. The monoisotopic (exact) mass is 455 g/mol. The number of carbonyl (C=O) groups is 2. The van der Waals surface area contributed by atoms with E-state index in [0.29, 0.717) is 11.9 Å². The van der Waals surface area contributed by atoms with Gasteiger partial charge in [0.2, 0.25) is 0 Å². The van der Waals surface area contributed by atoms with Gasteiger partial charge in [0.05, 0.1) is 21.5 Å². The molecule has 12 nitrogen and oxygen atoms in total. The summed E-state index contributed by atoms with van der Waals surface area (Å²) in [6.07, 6.45) is 0. The number of carbonyl (C=O) groups excluding carboxylic acids is 2. The van der Waals surface area contributed by atoms with E-state index in [1.807, 2.05) is 13.8 Å². The molecule has 0 fully saturated rings. The maximum absolute atomic E-state index is 12.4. The minimum Gasteiger partial charge on any atom is -0.423 e. The molecule has 170 valence electrons. The highest BCUT2D eigenvalue weighted by atomic mass is 16.6. The number of nitrogens with zero attached hydrogens (tertiary/aromatic N) is 2. The Morgan fingerprint density at radius 2 is 1.67 bits per heavy atom. The second kappa shape index (κ2) is 9.26. The smallest absolute Gasteiger partial charge is 0.349 e. The quantitative estimate of drug-likeness (QED) is 0.184. The minimum absolute atomic E-state index is 0.0238. The summed E-state index contributed by atoms with van der Waals surface area (Å²) in [5.74, 6) is -1.57. The second-order valence-electron chi connectivity index (χ2n) is 7.39. The van der Waals surface area contributed by atoms with Crippen molar-refractivity contribution >= 4 is 34.2 Å². The van der Waals surface area contributed by atoms with E-state index in [1.54, 1.807) is 0 Å². The van der Waals surface area contributed by atoms with E-state index < -0.39 is 44.3 Å². The average molecular weight is 455 g/mol. The van der Waals surface area contributed by atoms with Crippen LogP contribution in [0.15, 0.2) is 51.7 Å².